The van der Waals surface area contributed by atoms with Crippen molar-refractivity contribution in [3.05, 3.63) is 34.3 Å². The van der Waals surface area contributed by atoms with Crippen LogP contribution in [0.4, 0.5) is 4.79 Å². The zero-order valence-corrected chi connectivity index (χ0v) is 33.8. The van der Waals surface area contributed by atoms with Crippen LogP contribution in [0.3, 0.4) is 0 Å². The maximum Gasteiger partial charge on any atom is 0.342 e. The molecular weight excluding hydrogens is 756 g/mol. The maximum absolute atomic E-state index is 14.2. The number of Topliss-reactive ketones (excluding diaryl/α,β-unsaturated/α-hetero) is 2. The molecule has 2 aliphatic heterocycles. The van der Waals surface area contributed by atoms with Crippen LogP contribution in [0.5, 0.6) is 0 Å². The van der Waals surface area contributed by atoms with Crippen LogP contribution in [-0.2, 0) is 48.3 Å². The normalized spacial score (nSPS) is 28.2. The molecule has 17 heteroatoms. The number of hydrogen-bond donors (Lipinski definition) is 4. The number of amides is 4. The molecule has 4 amide bonds. The van der Waals surface area contributed by atoms with Gasteiger partial charge in [0.1, 0.15) is 29.8 Å². The molecule has 4 N–H and O–H groups in total. The molecule has 0 bridgehead atoms. The molecule has 1 saturated heterocycles. The number of hydrogen-bond acceptors (Lipinski definition) is 13. The first-order valence-corrected chi connectivity index (χ1v) is 20.4. The van der Waals surface area contributed by atoms with Crippen LogP contribution in [-0.4, -0.2) is 119 Å². The van der Waals surface area contributed by atoms with E-state index >= 15 is 0 Å². The molecule has 7 atom stereocenters. The van der Waals surface area contributed by atoms with Gasteiger partial charge >= 0.3 is 18.0 Å². The van der Waals surface area contributed by atoms with Gasteiger partial charge in [-0.25, -0.2) is 9.59 Å². The molecule has 0 aromatic carbocycles. The highest BCUT2D eigenvalue weighted by molar-refractivity contribution is 6.14. The van der Waals surface area contributed by atoms with Crippen molar-refractivity contribution in [2.75, 3.05) is 53.2 Å². The lowest BCUT2D eigenvalue weighted by Crippen LogP contribution is -2.57. The maximum atomic E-state index is 14.2. The quantitative estimate of drug-likeness (QED) is 0.104. The summed E-state index contributed by atoms with van der Waals surface area (Å²) in [6.07, 6.45) is 3.78. The smallest absolute Gasteiger partial charge is 0.342 e. The summed E-state index contributed by atoms with van der Waals surface area (Å²) >= 11 is 0. The predicted octanol–water partition coefficient (Wildman–Crippen LogP) is 2.58. The fraction of sp³-hybridized carbons (Fsp3) is 0.683. The zero-order valence-electron chi connectivity index (χ0n) is 33.8. The molecule has 2 fully saturated rings. The van der Waals surface area contributed by atoms with Crippen molar-refractivity contribution < 1.29 is 61.7 Å². The predicted molar refractivity (Wildman–Crippen MR) is 204 cm³/mol. The average Bonchev–Trinajstić information content (AvgIpc) is 3.87. The first-order chi connectivity index (χ1) is 27.8. The number of furan rings is 1. The highest BCUT2D eigenvalue weighted by Gasteiger charge is 2.64. The van der Waals surface area contributed by atoms with E-state index < -0.39 is 46.7 Å². The number of rotatable bonds is 21. The molecule has 1 saturated carbocycles. The SMILES string of the molecule is COC[C@H]1OC(=O)c2coc3c2[C@@]1(C)C1=C(C3=O)[C@@H]2CCC(=O)[C@@]2(C)C[C@H]1OC(=O)CCC(=O)NCCOCCOCCNC(=O)CCCCC[C@H]1NC(=O)N[C@H]1C. The summed E-state index contributed by atoms with van der Waals surface area (Å²) in [6, 6.07) is 0.131. The van der Waals surface area contributed by atoms with Crippen LogP contribution >= 0.6 is 0 Å². The van der Waals surface area contributed by atoms with Crippen molar-refractivity contribution in [1.29, 1.82) is 0 Å². The second-order valence-electron chi connectivity index (χ2n) is 16.2. The summed E-state index contributed by atoms with van der Waals surface area (Å²) in [5.74, 6) is -2.58. The van der Waals surface area contributed by atoms with Gasteiger partial charge in [0.25, 0.3) is 0 Å². The number of fused-ring (bicyclic) bond motifs is 3. The van der Waals surface area contributed by atoms with Crippen molar-refractivity contribution >= 4 is 41.4 Å². The summed E-state index contributed by atoms with van der Waals surface area (Å²) < 4.78 is 34.1. The van der Waals surface area contributed by atoms with Crippen LogP contribution in [0.15, 0.2) is 21.8 Å². The summed E-state index contributed by atoms with van der Waals surface area (Å²) in [7, 11) is 1.47. The van der Waals surface area contributed by atoms with E-state index in [0.29, 0.717) is 55.9 Å². The molecule has 1 aromatic heterocycles. The number of allylic oxidation sites excluding steroid dienone is 1. The number of ether oxygens (including phenoxy) is 5. The molecule has 58 heavy (non-hydrogen) atoms. The van der Waals surface area contributed by atoms with Gasteiger partial charge in [-0.2, -0.15) is 0 Å². The Labute approximate surface area is 337 Å². The summed E-state index contributed by atoms with van der Waals surface area (Å²) in [4.78, 5) is 89.8. The van der Waals surface area contributed by atoms with Gasteiger partial charge in [0.2, 0.25) is 17.6 Å². The second kappa shape index (κ2) is 18.5. The van der Waals surface area contributed by atoms with Crippen LogP contribution < -0.4 is 21.3 Å². The zero-order chi connectivity index (χ0) is 41.6. The Morgan fingerprint density at radius 3 is 2.29 bits per heavy atom. The van der Waals surface area contributed by atoms with Gasteiger partial charge in [0.15, 0.2) is 5.76 Å². The van der Waals surface area contributed by atoms with Crippen molar-refractivity contribution in [3.63, 3.8) is 0 Å². The fourth-order valence-electron chi connectivity index (χ4n) is 9.33. The standard InChI is InChI=1S/C41H56N4O13/c1-23-26(45-39(52)44-23)8-6-5-7-9-30(47)42-14-16-54-18-19-55-17-15-43-31(48)12-13-32(49)57-27-20-40(2)25(10-11-28(40)46)33-35(27)41(3)29(22-53-4)58-38(51)24-21-56-37(34(24)41)36(33)50/h21,23,25-27,29H,5-20,22H2,1-4H3,(H,42,47)(H,43,48)(H2,44,45,52)/t23-,25-,26+,27+,29+,40-,41-/m0/s1. The Morgan fingerprint density at radius 2 is 1.62 bits per heavy atom. The van der Waals surface area contributed by atoms with Crippen LogP contribution in [0.1, 0.15) is 111 Å². The van der Waals surface area contributed by atoms with Crippen molar-refractivity contribution in [3.8, 4) is 0 Å². The monoisotopic (exact) mass is 812 g/mol. The minimum atomic E-state index is -1.14. The van der Waals surface area contributed by atoms with E-state index in [1.807, 2.05) is 13.8 Å². The van der Waals surface area contributed by atoms with E-state index in [9.17, 15) is 33.6 Å². The van der Waals surface area contributed by atoms with Crippen LogP contribution in [0.2, 0.25) is 0 Å². The molecule has 1 aromatic rings. The number of carbonyl (C=O) groups excluding carboxylic acids is 7. The lowest BCUT2D eigenvalue weighted by Gasteiger charge is -2.51. The highest BCUT2D eigenvalue weighted by Crippen LogP contribution is 2.61. The van der Waals surface area contributed by atoms with E-state index in [1.165, 1.54) is 13.4 Å². The summed E-state index contributed by atoms with van der Waals surface area (Å²) in [6.45, 7) is 7.38. The average molecular weight is 813 g/mol. The van der Waals surface area contributed by atoms with E-state index in [-0.39, 0.29) is 92.5 Å². The third-order valence-electron chi connectivity index (χ3n) is 12.4. The number of nitrogens with one attached hydrogen (secondary N) is 4. The third-order valence-corrected chi connectivity index (χ3v) is 12.4. The Morgan fingerprint density at radius 1 is 0.914 bits per heavy atom. The molecule has 0 radical (unpaired) electrons. The molecular formula is C41H56N4O13. The molecule has 318 valence electrons. The molecule has 3 aliphatic carbocycles. The number of cyclic esters (lactones) is 1. The first-order valence-electron chi connectivity index (χ1n) is 20.4. The Balaban J connectivity index is 0.892. The molecule has 5 aliphatic rings. The molecule has 0 unspecified atom stereocenters. The van der Waals surface area contributed by atoms with E-state index in [2.05, 4.69) is 21.3 Å². The van der Waals surface area contributed by atoms with Gasteiger partial charge in [-0.3, -0.25) is 24.0 Å². The lowest BCUT2D eigenvalue weighted by molar-refractivity contribution is -0.153. The molecule has 6 rings (SSSR count). The first kappa shape index (κ1) is 43.0. The second-order valence-corrected chi connectivity index (χ2v) is 16.2. The fourth-order valence-corrected chi connectivity index (χ4v) is 9.33. The van der Waals surface area contributed by atoms with Gasteiger partial charge in [-0.05, 0) is 38.7 Å². The van der Waals surface area contributed by atoms with Gasteiger partial charge in [-0.15, -0.1) is 0 Å². The molecule has 0 spiro atoms. The van der Waals surface area contributed by atoms with E-state index in [4.69, 9.17) is 28.1 Å². The van der Waals surface area contributed by atoms with Crippen LogP contribution in [0, 0.1) is 11.3 Å². The number of methoxy groups -OCH3 is 1. The van der Waals surface area contributed by atoms with Crippen molar-refractivity contribution in [2.24, 2.45) is 11.3 Å². The number of ketones is 2. The van der Waals surface area contributed by atoms with Crippen molar-refractivity contribution in [1.82, 2.24) is 21.3 Å². The lowest BCUT2D eigenvalue weighted by atomic mass is 9.54. The topological polar surface area (TPSA) is 227 Å². The number of carbonyl (C=O) groups is 7. The number of urea groups is 1. The Hall–Kier alpha value is -4.61. The third kappa shape index (κ3) is 8.86. The van der Waals surface area contributed by atoms with Gasteiger partial charge < -0.3 is 49.4 Å². The van der Waals surface area contributed by atoms with Gasteiger partial charge in [0, 0.05) is 74.4 Å². The highest BCUT2D eigenvalue weighted by atomic mass is 16.6. The van der Waals surface area contributed by atoms with Gasteiger partial charge in [0.05, 0.1) is 50.9 Å². The Bertz CT molecular complexity index is 1810. The number of unbranched alkanes of at least 4 members (excludes halogenated alkanes) is 2. The molecule has 3 heterocycles. The van der Waals surface area contributed by atoms with E-state index in [0.717, 1.165) is 25.7 Å². The van der Waals surface area contributed by atoms with Crippen LogP contribution in [0.25, 0.3) is 0 Å². The summed E-state index contributed by atoms with van der Waals surface area (Å²) in [5, 5.41) is 11.3. The molecule has 17 nitrogen and oxygen atoms in total. The largest absolute Gasteiger partial charge is 0.460 e. The van der Waals surface area contributed by atoms with E-state index in [1.54, 1.807) is 6.92 Å². The minimum Gasteiger partial charge on any atom is -0.460 e. The van der Waals surface area contributed by atoms with Crippen molar-refractivity contribution in [2.45, 2.75) is 115 Å². The Kier molecular flexibility index (Phi) is 13.7. The summed E-state index contributed by atoms with van der Waals surface area (Å²) in [5.41, 5.74) is -0.746. The minimum absolute atomic E-state index is 0.000355. The number of esters is 2. The van der Waals surface area contributed by atoms with Gasteiger partial charge in [-0.1, -0.05) is 19.8 Å².